The average molecular weight is 157 g/mol. The molecule has 65 valence electrons. The predicted molar refractivity (Wildman–Crippen MR) is 43.3 cm³/mol. The summed E-state index contributed by atoms with van der Waals surface area (Å²) in [6.07, 6.45) is 1.68. The van der Waals surface area contributed by atoms with Gasteiger partial charge in [-0.3, -0.25) is 0 Å². The summed E-state index contributed by atoms with van der Waals surface area (Å²) in [5, 5.41) is 0. The Labute approximate surface area is 68.8 Å². The second kappa shape index (κ2) is 2.46. The van der Waals surface area contributed by atoms with Gasteiger partial charge in [-0.25, -0.2) is 0 Å². The second-order valence-electron chi connectivity index (χ2n) is 4.85. The quantitative estimate of drug-likeness (QED) is 0.455. The molecule has 1 rings (SSSR count). The third-order valence-corrected chi connectivity index (χ3v) is 2.82. The summed E-state index contributed by atoms with van der Waals surface area (Å²) in [7, 11) is 0. The van der Waals surface area contributed by atoms with Gasteiger partial charge in [0.25, 0.3) is 6.29 Å². The topological polar surface area (TPSA) is 25.1 Å². The van der Waals surface area contributed by atoms with Crippen LogP contribution in [0.2, 0.25) is 0 Å². The van der Waals surface area contributed by atoms with Crippen molar-refractivity contribution >= 4 is 0 Å². The predicted octanol–water partition coefficient (Wildman–Crippen LogP) is 2.90. The van der Waals surface area contributed by atoms with Crippen molar-refractivity contribution in [2.45, 2.75) is 41.0 Å². The van der Waals surface area contributed by atoms with E-state index in [-0.39, 0.29) is 10.8 Å². The van der Waals surface area contributed by atoms with Crippen molar-refractivity contribution in [3.8, 4) is 0 Å². The summed E-state index contributed by atoms with van der Waals surface area (Å²) in [5.41, 5.74) is 0.522. The van der Waals surface area contributed by atoms with E-state index in [1.165, 1.54) is 0 Å². The van der Waals surface area contributed by atoms with Gasteiger partial charge in [0.15, 0.2) is 0 Å². The van der Waals surface area contributed by atoms with E-state index in [1.54, 1.807) is 0 Å². The lowest BCUT2D eigenvalue weighted by Gasteiger charge is -2.37. The number of hydrogen-bond acceptors (Lipinski definition) is 2. The van der Waals surface area contributed by atoms with Crippen LogP contribution in [0.15, 0.2) is 0 Å². The van der Waals surface area contributed by atoms with E-state index in [4.69, 9.17) is 0 Å². The molecule has 11 heavy (non-hydrogen) atoms. The van der Waals surface area contributed by atoms with Gasteiger partial charge < -0.3 is 0 Å². The van der Waals surface area contributed by atoms with Crippen LogP contribution in [-0.2, 0) is 9.78 Å². The van der Waals surface area contributed by atoms with Gasteiger partial charge in [-0.2, -0.15) is 9.78 Å². The number of rotatable bonds is 2. The van der Waals surface area contributed by atoms with Gasteiger partial charge >= 0.3 is 0 Å². The van der Waals surface area contributed by atoms with Crippen LogP contribution in [0.4, 0.5) is 0 Å². The molecule has 1 heterocycles. The molecule has 0 unspecified atom stereocenters. The van der Waals surface area contributed by atoms with Gasteiger partial charge in [-0.05, 0) is 10.8 Å². The van der Waals surface area contributed by atoms with E-state index in [0.29, 0.717) is 0 Å². The summed E-state index contributed by atoms with van der Waals surface area (Å²) in [4.78, 5) is 9.31. The zero-order chi connectivity index (χ0) is 8.70. The van der Waals surface area contributed by atoms with Crippen LogP contribution < -0.4 is 0 Å². The Balaban J connectivity index is 2.49. The third-order valence-electron chi connectivity index (χ3n) is 2.82. The van der Waals surface area contributed by atoms with Crippen molar-refractivity contribution in [1.82, 2.24) is 0 Å². The van der Waals surface area contributed by atoms with E-state index in [9.17, 15) is 0 Å². The molecule has 0 amide bonds. The Morgan fingerprint density at radius 2 is 1.45 bits per heavy atom. The van der Waals surface area contributed by atoms with E-state index in [1.807, 2.05) is 0 Å². The molecule has 0 aromatic heterocycles. The lowest BCUT2D eigenvalue weighted by atomic mass is 9.67. The lowest BCUT2D eigenvalue weighted by molar-refractivity contribution is 0.0850. The molecular formula is C9H17O2. The van der Waals surface area contributed by atoms with Gasteiger partial charge in [-0.1, -0.05) is 34.6 Å². The Hall–Kier alpha value is -0.0800. The SMILES string of the molecule is CC(C)(C)C(C)(C)C[C]1OO1. The van der Waals surface area contributed by atoms with Crippen molar-refractivity contribution in [2.24, 2.45) is 10.8 Å². The molecule has 1 saturated heterocycles. The van der Waals surface area contributed by atoms with Crippen LogP contribution in [0.1, 0.15) is 41.0 Å². The minimum Gasteiger partial charge on any atom is -0.188 e. The molecule has 1 aliphatic rings. The summed E-state index contributed by atoms with van der Waals surface area (Å²) in [6.45, 7) is 11.2. The van der Waals surface area contributed by atoms with Gasteiger partial charge in [0.05, 0.1) is 0 Å². The zero-order valence-corrected chi connectivity index (χ0v) is 8.02. The van der Waals surface area contributed by atoms with Crippen LogP contribution >= 0.6 is 0 Å². The first-order valence-electron chi connectivity index (χ1n) is 4.03. The van der Waals surface area contributed by atoms with Crippen LogP contribution in [0.25, 0.3) is 0 Å². The molecule has 0 spiro atoms. The van der Waals surface area contributed by atoms with Gasteiger partial charge in [0.2, 0.25) is 0 Å². The van der Waals surface area contributed by atoms with Crippen molar-refractivity contribution in [3.05, 3.63) is 6.29 Å². The molecule has 1 fully saturated rings. The molecule has 0 atom stereocenters. The molecule has 0 aromatic carbocycles. The molecule has 1 aliphatic heterocycles. The van der Waals surface area contributed by atoms with Gasteiger partial charge in [0.1, 0.15) is 0 Å². The maximum Gasteiger partial charge on any atom is 0.293 e. The Morgan fingerprint density at radius 1 is 1.00 bits per heavy atom. The standard InChI is InChI=1S/C9H17O2/c1-8(2,3)9(4,5)6-7-10-11-7/h6H2,1-5H3. The number of hydrogen-bond donors (Lipinski definition) is 0. The van der Waals surface area contributed by atoms with Crippen molar-refractivity contribution in [1.29, 1.82) is 0 Å². The average Bonchev–Trinajstić information content (AvgIpc) is 2.45. The fourth-order valence-electron chi connectivity index (χ4n) is 0.714. The van der Waals surface area contributed by atoms with Crippen LogP contribution in [-0.4, -0.2) is 0 Å². The minimum atomic E-state index is 0.235. The van der Waals surface area contributed by atoms with E-state index in [0.717, 1.165) is 12.7 Å². The van der Waals surface area contributed by atoms with Crippen LogP contribution in [0.3, 0.4) is 0 Å². The molecule has 0 bridgehead atoms. The highest BCUT2D eigenvalue weighted by Crippen LogP contribution is 2.46. The molecular weight excluding hydrogens is 140 g/mol. The normalized spacial score (nSPS) is 20.5. The third kappa shape index (κ3) is 2.17. The Bertz CT molecular complexity index is 140. The smallest absolute Gasteiger partial charge is 0.188 e. The van der Waals surface area contributed by atoms with E-state index in [2.05, 4.69) is 44.4 Å². The summed E-state index contributed by atoms with van der Waals surface area (Å²) in [6, 6.07) is 0. The molecule has 0 saturated carbocycles. The Kier molecular flexibility index (Phi) is 2.01. The first-order chi connectivity index (χ1) is 4.83. The second-order valence-corrected chi connectivity index (χ2v) is 4.85. The molecule has 0 aromatic rings. The van der Waals surface area contributed by atoms with Crippen molar-refractivity contribution in [3.63, 3.8) is 0 Å². The first-order valence-corrected chi connectivity index (χ1v) is 4.03. The summed E-state index contributed by atoms with van der Waals surface area (Å²) in [5.74, 6) is 0. The van der Waals surface area contributed by atoms with Crippen molar-refractivity contribution < 1.29 is 9.78 Å². The zero-order valence-electron chi connectivity index (χ0n) is 8.02. The lowest BCUT2D eigenvalue weighted by Crippen LogP contribution is -2.29. The fraction of sp³-hybridized carbons (Fsp3) is 0.889. The molecule has 2 heteroatoms. The molecule has 0 aliphatic carbocycles. The first kappa shape index (κ1) is 9.01. The highest BCUT2D eigenvalue weighted by atomic mass is 17.4. The molecule has 1 radical (unpaired) electrons. The summed E-state index contributed by atoms with van der Waals surface area (Å²) >= 11 is 0. The van der Waals surface area contributed by atoms with Crippen molar-refractivity contribution in [2.75, 3.05) is 0 Å². The monoisotopic (exact) mass is 157 g/mol. The highest BCUT2D eigenvalue weighted by Gasteiger charge is 2.42. The largest absolute Gasteiger partial charge is 0.293 e. The van der Waals surface area contributed by atoms with E-state index >= 15 is 0 Å². The van der Waals surface area contributed by atoms with Gasteiger partial charge in [-0.15, -0.1) is 0 Å². The highest BCUT2D eigenvalue weighted by molar-refractivity contribution is 4.89. The van der Waals surface area contributed by atoms with E-state index < -0.39 is 0 Å². The molecule has 2 nitrogen and oxygen atoms in total. The fourth-order valence-corrected chi connectivity index (χ4v) is 0.714. The van der Waals surface area contributed by atoms with Gasteiger partial charge in [0, 0.05) is 6.42 Å². The summed E-state index contributed by atoms with van der Waals surface area (Å²) < 4.78 is 0. The van der Waals surface area contributed by atoms with Crippen LogP contribution in [0, 0.1) is 17.1 Å². The molecule has 0 N–H and O–H groups in total. The minimum absolute atomic E-state index is 0.235. The van der Waals surface area contributed by atoms with Crippen LogP contribution in [0.5, 0.6) is 0 Å². The maximum atomic E-state index is 4.66. The Morgan fingerprint density at radius 3 is 1.73 bits per heavy atom. The maximum absolute atomic E-state index is 4.66.